The van der Waals surface area contributed by atoms with Gasteiger partial charge >= 0.3 is 0 Å². The molecular weight excluding hydrogens is 394 g/mol. The Hall–Kier alpha value is -2.17. The summed E-state index contributed by atoms with van der Waals surface area (Å²) in [6.45, 7) is 9.51. The standard InChI is InChI=1S/C25H30ClN3O/c1-4-24-27-23-12-11-19(20-9-5-6-10-22(20)26)14-21(23)25(30)29(24)16-18-8-7-13-28(15-18)17(2)3/h5-6,9-12,14,17-18H,4,7-8,13,15-16H2,1-3H3/t18-/m0/s1. The van der Waals surface area contributed by atoms with Gasteiger partial charge < -0.3 is 4.90 Å². The topological polar surface area (TPSA) is 38.1 Å². The average Bonchev–Trinajstić information content (AvgIpc) is 2.76. The van der Waals surface area contributed by atoms with Gasteiger partial charge in [0.05, 0.1) is 10.9 Å². The van der Waals surface area contributed by atoms with Crippen LogP contribution in [0.15, 0.2) is 47.3 Å². The Bertz CT molecular complexity index is 1110. The number of benzene rings is 2. The van der Waals surface area contributed by atoms with Crippen LogP contribution >= 0.6 is 11.6 Å². The van der Waals surface area contributed by atoms with Crippen molar-refractivity contribution in [2.75, 3.05) is 13.1 Å². The first kappa shape index (κ1) is 21.1. The Morgan fingerprint density at radius 2 is 2.00 bits per heavy atom. The Balaban J connectivity index is 1.74. The molecule has 1 saturated heterocycles. The van der Waals surface area contributed by atoms with Crippen LogP contribution < -0.4 is 5.56 Å². The lowest BCUT2D eigenvalue weighted by Crippen LogP contribution is -2.42. The quantitative estimate of drug-likeness (QED) is 0.551. The number of aryl methyl sites for hydroxylation is 1. The zero-order valence-corrected chi connectivity index (χ0v) is 18.8. The van der Waals surface area contributed by atoms with Gasteiger partial charge in [-0.15, -0.1) is 0 Å². The summed E-state index contributed by atoms with van der Waals surface area (Å²) in [5, 5.41) is 1.35. The molecule has 30 heavy (non-hydrogen) atoms. The second-order valence-electron chi connectivity index (χ2n) is 8.61. The molecule has 0 spiro atoms. The molecule has 3 aromatic rings. The van der Waals surface area contributed by atoms with Gasteiger partial charge in [0.25, 0.3) is 5.56 Å². The van der Waals surface area contributed by atoms with Crippen molar-refractivity contribution in [3.8, 4) is 11.1 Å². The maximum absolute atomic E-state index is 13.5. The Labute approximate surface area is 183 Å². The van der Waals surface area contributed by atoms with E-state index in [4.69, 9.17) is 16.6 Å². The number of hydrogen-bond donors (Lipinski definition) is 0. The third-order valence-corrected chi connectivity index (χ3v) is 6.59. The summed E-state index contributed by atoms with van der Waals surface area (Å²) in [4.78, 5) is 20.9. The lowest BCUT2D eigenvalue weighted by molar-refractivity contribution is 0.129. The molecule has 1 aliphatic rings. The molecule has 5 heteroatoms. The van der Waals surface area contributed by atoms with Crippen molar-refractivity contribution >= 4 is 22.5 Å². The fraction of sp³-hybridized carbons (Fsp3) is 0.440. The van der Waals surface area contributed by atoms with E-state index in [0.717, 1.165) is 54.9 Å². The van der Waals surface area contributed by atoms with Gasteiger partial charge in [-0.25, -0.2) is 4.98 Å². The van der Waals surface area contributed by atoms with E-state index in [-0.39, 0.29) is 5.56 Å². The van der Waals surface area contributed by atoms with Gasteiger partial charge in [-0.2, -0.15) is 0 Å². The van der Waals surface area contributed by atoms with Gasteiger partial charge in [0.2, 0.25) is 0 Å². The SMILES string of the molecule is CCc1nc2ccc(-c3ccccc3Cl)cc2c(=O)n1C[C@H]1CCCN(C(C)C)C1. The summed E-state index contributed by atoms with van der Waals surface area (Å²) in [6, 6.07) is 14.2. The number of halogens is 1. The van der Waals surface area contributed by atoms with Crippen molar-refractivity contribution in [2.45, 2.75) is 52.6 Å². The van der Waals surface area contributed by atoms with Crippen LogP contribution in [0.3, 0.4) is 0 Å². The van der Waals surface area contributed by atoms with E-state index < -0.39 is 0 Å². The number of likely N-dealkylation sites (tertiary alicyclic amines) is 1. The molecule has 4 nitrogen and oxygen atoms in total. The van der Waals surface area contributed by atoms with Crippen LogP contribution in [0.1, 0.15) is 39.4 Å². The second-order valence-corrected chi connectivity index (χ2v) is 9.01. The lowest BCUT2D eigenvalue weighted by atomic mass is 9.96. The van der Waals surface area contributed by atoms with Gasteiger partial charge in [0.1, 0.15) is 5.82 Å². The van der Waals surface area contributed by atoms with Gasteiger partial charge in [0.15, 0.2) is 0 Å². The highest BCUT2D eigenvalue weighted by Gasteiger charge is 2.23. The summed E-state index contributed by atoms with van der Waals surface area (Å²) in [5.74, 6) is 1.36. The molecule has 2 heterocycles. The second kappa shape index (κ2) is 8.91. The largest absolute Gasteiger partial charge is 0.301 e. The Kier molecular flexibility index (Phi) is 6.26. The van der Waals surface area contributed by atoms with Gasteiger partial charge in [-0.3, -0.25) is 9.36 Å². The van der Waals surface area contributed by atoms with Crippen molar-refractivity contribution < 1.29 is 0 Å². The first-order valence-corrected chi connectivity index (χ1v) is 11.4. The normalized spacial score (nSPS) is 17.7. The van der Waals surface area contributed by atoms with Crippen molar-refractivity contribution in [3.05, 3.63) is 63.7 Å². The monoisotopic (exact) mass is 423 g/mol. The van der Waals surface area contributed by atoms with Crippen molar-refractivity contribution in [1.82, 2.24) is 14.5 Å². The molecule has 0 bridgehead atoms. The van der Waals surface area contributed by atoms with Crippen LogP contribution in [0.5, 0.6) is 0 Å². The van der Waals surface area contributed by atoms with Crippen LogP contribution in [0.2, 0.25) is 5.02 Å². The Morgan fingerprint density at radius 3 is 2.73 bits per heavy atom. The summed E-state index contributed by atoms with van der Waals surface area (Å²) in [5.41, 5.74) is 2.71. The average molecular weight is 424 g/mol. The number of nitrogens with zero attached hydrogens (tertiary/aromatic N) is 3. The fourth-order valence-corrected chi connectivity index (χ4v) is 4.81. The summed E-state index contributed by atoms with van der Waals surface area (Å²) in [6.07, 6.45) is 3.10. The number of hydrogen-bond acceptors (Lipinski definition) is 3. The van der Waals surface area contributed by atoms with Gasteiger partial charge in [0, 0.05) is 36.1 Å². The highest BCUT2D eigenvalue weighted by molar-refractivity contribution is 6.33. The van der Waals surface area contributed by atoms with Gasteiger partial charge in [-0.1, -0.05) is 42.8 Å². The lowest BCUT2D eigenvalue weighted by Gasteiger charge is -2.35. The molecule has 0 unspecified atom stereocenters. The first-order valence-electron chi connectivity index (χ1n) is 11.0. The molecule has 1 aliphatic heterocycles. The summed E-state index contributed by atoms with van der Waals surface area (Å²) >= 11 is 6.39. The number of aromatic nitrogens is 2. The molecule has 1 aromatic heterocycles. The van der Waals surface area contributed by atoms with Crippen molar-refractivity contribution in [1.29, 1.82) is 0 Å². The van der Waals surface area contributed by atoms with Crippen LogP contribution in [-0.2, 0) is 13.0 Å². The fourth-order valence-electron chi connectivity index (χ4n) is 4.56. The van der Waals surface area contributed by atoms with E-state index >= 15 is 0 Å². The predicted octanol–water partition coefficient (Wildman–Crippen LogP) is 5.40. The minimum atomic E-state index is 0.0624. The molecule has 0 radical (unpaired) electrons. The number of piperidine rings is 1. The molecule has 2 aromatic carbocycles. The zero-order chi connectivity index (χ0) is 21.3. The third-order valence-electron chi connectivity index (χ3n) is 6.26. The van der Waals surface area contributed by atoms with E-state index in [0.29, 0.717) is 22.4 Å². The molecular formula is C25H30ClN3O. The highest BCUT2D eigenvalue weighted by Crippen LogP contribution is 2.29. The first-order chi connectivity index (χ1) is 14.5. The summed E-state index contributed by atoms with van der Waals surface area (Å²) in [7, 11) is 0. The molecule has 0 saturated carbocycles. The molecule has 4 rings (SSSR count). The maximum Gasteiger partial charge on any atom is 0.261 e. The van der Waals surface area contributed by atoms with E-state index in [1.54, 1.807) is 0 Å². The molecule has 0 N–H and O–H groups in total. The summed E-state index contributed by atoms with van der Waals surface area (Å²) < 4.78 is 1.92. The van der Waals surface area contributed by atoms with E-state index in [1.807, 2.05) is 47.0 Å². The smallest absolute Gasteiger partial charge is 0.261 e. The Morgan fingerprint density at radius 1 is 1.20 bits per heavy atom. The van der Waals surface area contributed by atoms with Crippen LogP contribution in [0.4, 0.5) is 0 Å². The minimum absolute atomic E-state index is 0.0624. The van der Waals surface area contributed by atoms with Gasteiger partial charge in [-0.05, 0) is 62.9 Å². The van der Waals surface area contributed by atoms with Crippen LogP contribution in [-0.4, -0.2) is 33.6 Å². The van der Waals surface area contributed by atoms with Crippen LogP contribution in [0, 0.1) is 5.92 Å². The minimum Gasteiger partial charge on any atom is -0.301 e. The van der Waals surface area contributed by atoms with Crippen LogP contribution in [0.25, 0.3) is 22.0 Å². The number of rotatable bonds is 5. The molecule has 0 aliphatic carbocycles. The van der Waals surface area contributed by atoms with E-state index in [9.17, 15) is 4.79 Å². The van der Waals surface area contributed by atoms with E-state index in [2.05, 4.69) is 25.7 Å². The third kappa shape index (κ3) is 4.17. The number of fused-ring (bicyclic) bond motifs is 1. The molecule has 0 amide bonds. The van der Waals surface area contributed by atoms with E-state index in [1.165, 1.54) is 6.42 Å². The zero-order valence-electron chi connectivity index (χ0n) is 18.1. The molecule has 158 valence electrons. The van der Waals surface area contributed by atoms with Crippen molar-refractivity contribution in [2.24, 2.45) is 5.92 Å². The van der Waals surface area contributed by atoms with Crippen molar-refractivity contribution in [3.63, 3.8) is 0 Å². The predicted molar refractivity (Wildman–Crippen MR) is 125 cm³/mol. The maximum atomic E-state index is 13.5. The molecule has 1 fully saturated rings. The highest BCUT2D eigenvalue weighted by atomic mass is 35.5. The molecule has 1 atom stereocenters.